The van der Waals surface area contributed by atoms with Crippen LogP contribution in [0.15, 0.2) is 41.3 Å². The van der Waals surface area contributed by atoms with Gasteiger partial charge in [-0.15, -0.1) is 0 Å². The second-order valence-electron chi connectivity index (χ2n) is 3.15. The van der Waals surface area contributed by atoms with Crippen molar-refractivity contribution in [2.45, 2.75) is 4.90 Å². The van der Waals surface area contributed by atoms with E-state index in [0.29, 0.717) is 5.39 Å². The molecule has 0 aliphatic heterocycles. The molecular formula is C10H8AsNaO3S. The monoisotopic (exact) mass is 306 g/mol. The van der Waals surface area contributed by atoms with E-state index in [1.54, 1.807) is 18.2 Å². The Labute approximate surface area is 125 Å². The zero-order valence-electron chi connectivity index (χ0n) is 8.67. The van der Waals surface area contributed by atoms with Crippen molar-refractivity contribution in [3.8, 4) is 0 Å². The van der Waals surface area contributed by atoms with Crippen molar-refractivity contribution < 1.29 is 42.5 Å². The van der Waals surface area contributed by atoms with Crippen molar-refractivity contribution in [2.24, 2.45) is 0 Å². The van der Waals surface area contributed by atoms with E-state index >= 15 is 0 Å². The van der Waals surface area contributed by atoms with Gasteiger partial charge in [-0.2, -0.15) is 0 Å². The van der Waals surface area contributed by atoms with Crippen LogP contribution in [0.25, 0.3) is 10.8 Å². The SMILES string of the molecule is O=S(=O)([O-])c1ccc([AsH2])c2ccccc12.[Na+]. The molecule has 1 atom stereocenters. The maximum absolute atomic E-state index is 11.0. The maximum Gasteiger partial charge on any atom is 1.00 e. The molecule has 0 N–H and O–H groups in total. The molecule has 0 fully saturated rings. The summed E-state index contributed by atoms with van der Waals surface area (Å²) in [6, 6.07) is 10.1. The predicted molar refractivity (Wildman–Crippen MR) is 60.1 cm³/mol. The number of hydrogen-bond acceptors (Lipinski definition) is 3. The van der Waals surface area contributed by atoms with Crippen LogP contribution in [0.1, 0.15) is 0 Å². The molecule has 0 saturated heterocycles. The van der Waals surface area contributed by atoms with Gasteiger partial charge in [0.05, 0.1) is 0 Å². The third kappa shape index (κ3) is 2.70. The molecule has 0 aromatic heterocycles. The van der Waals surface area contributed by atoms with Gasteiger partial charge in [0, 0.05) is 0 Å². The van der Waals surface area contributed by atoms with E-state index in [0.717, 1.165) is 9.74 Å². The van der Waals surface area contributed by atoms with E-state index in [2.05, 4.69) is 0 Å². The molecule has 1 unspecified atom stereocenters. The molecule has 3 nitrogen and oxygen atoms in total. The van der Waals surface area contributed by atoms with Crippen LogP contribution in [0.4, 0.5) is 0 Å². The van der Waals surface area contributed by atoms with E-state index in [1.165, 1.54) is 22.9 Å². The van der Waals surface area contributed by atoms with E-state index < -0.39 is 10.1 Å². The van der Waals surface area contributed by atoms with Crippen molar-refractivity contribution in [3.63, 3.8) is 0 Å². The molecule has 0 saturated carbocycles. The van der Waals surface area contributed by atoms with Gasteiger partial charge in [0.1, 0.15) is 0 Å². The molecule has 0 aliphatic carbocycles. The van der Waals surface area contributed by atoms with E-state index in [1.807, 2.05) is 12.1 Å². The fourth-order valence-electron chi connectivity index (χ4n) is 1.51. The van der Waals surface area contributed by atoms with Gasteiger partial charge in [-0.05, 0) is 0 Å². The van der Waals surface area contributed by atoms with Crippen LogP contribution in [0.5, 0.6) is 0 Å². The average molecular weight is 306 g/mol. The minimum atomic E-state index is -4.39. The Morgan fingerprint density at radius 1 is 1.00 bits per heavy atom. The Bertz CT molecular complexity index is 625. The van der Waals surface area contributed by atoms with Crippen LogP contribution in [-0.4, -0.2) is 29.8 Å². The zero-order chi connectivity index (χ0) is 11.1. The second kappa shape index (κ2) is 5.21. The molecule has 0 radical (unpaired) electrons. The molecule has 0 heterocycles. The molecule has 6 heteroatoms. The van der Waals surface area contributed by atoms with E-state index in [9.17, 15) is 13.0 Å². The van der Waals surface area contributed by atoms with Crippen LogP contribution >= 0.6 is 0 Å². The summed E-state index contributed by atoms with van der Waals surface area (Å²) in [6.45, 7) is 0. The number of fused-ring (bicyclic) bond motifs is 1. The van der Waals surface area contributed by atoms with Crippen molar-refractivity contribution >= 4 is 42.1 Å². The molecule has 0 amide bonds. The second-order valence-corrected chi connectivity index (χ2v) is 5.81. The molecular weight excluding hydrogens is 298 g/mol. The summed E-state index contributed by atoms with van der Waals surface area (Å²) in [7, 11) is -4.39. The maximum atomic E-state index is 11.0. The Morgan fingerprint density at radius 2 is 1.56 bits per heavy atom. The Kier molecular flexibility index (Phi) is 4.64. The Morgan fingerprint density at radius 3 is 2.12 bits per heavy atom. The minimum Gasteiger partial charge on any atom is 1.00 e. The van der Waals surface area contributed by atoms with Crippen molar-refractivity contribution in [1.29, 1.82) is 0 Å². The summed E-state index contributed by atoms with van der Waals surface area (Å²) < 4.78 is 34.0. The third-order valence-electron chi connectivity index (χ3n) is 2.19. The summed E-state index contributed by atoms with van der Waals surface area (Å²) in [4.78, 5) is -0.139. The summed E-state index contributed by atoms with van der Waals surface area (Å²) in [5, 5.41) is 1.34. The molecule has 0 spiro atoms. The summed E-state index contributed by atoms with van der Waals surface area (Å²) in [6.07, 6.45) is 0. The predicted octanol–water partition coefficient (Wildman–Crippen LogP) is -2.99. The average Bonchev–Trinajstić information content (AvgIpc) is 2.17. The molecule has 2 rings (SSSR count). The van der Waals surface area contributed by atoms with Gasteiger partial charge in [0.2, 0.25) is 0 Å². The summed E-state index contributed by atoms with van der Waals surface area (Å²) in [5.74, 6) is 0. The Hall–Kier alpha value is 0.168. The zero-order valence-corrected chi connectivity index (χ0v) is 13.9. The number of benzene rings is 2. The summed E-state index contributed by atoms with van der Waals surface area (Å²) >= 11 is 1.40. The van der Waals surface area contributed by atoms with Gasteiger partial charge in [0.15, 0.2) is 0 Å². The van der Waals surface area contributed by atoms with Crippen LogP contribution in [0, 0.1) is 0 Å². The van der Waals surface area contributed by atoms with Gasteiger partial charge >= 0.3 is 126 Å². The molecule has 2 aromatic carbocycles. The first-order valence-electron chi connectivity index (χ1n) is 4.23. The van der Waals surface area contributed by atoms with Gasteiger partial charge in [-0.1, -0.05) is 0 Å². The topological polar surface area (TPSA) is 57.2 Å². The van der Waals surface area contributed by atoms with Crippen molar-refractivity contribution in [1.82, 2.24) is 0 Å². The fraction of sp³-hybridized carbons (Fsp3) is 0. The largest absolute Gasteiger partial charge is 1.00 e. The third-order valence-corrected chi connectivity index (χ3v) is 4.14. The molecule has 0 bridgehead atoms. The van der Waals surface area contributed by atoms with E-state index in [-0.39, 0.29) is 34.5 Å². The summed E-state index contributed by atoms with van der Waals surface area (Å²) in [5.41, 5.74) is 0. The van der Waals surface area contributed by atoms with Crippen LogP contribution < -0.4 is 33.9 Å². The van der Waals surface area contributed by atoms with Gasteiger partial charge < -0.3 is 0 Å². The number of hydrogen-bond donors (Lipinski definition) is 0. The van der Waals surface area contributed by atoms with Gasteiger partial charge in [0.25, 0.3) is 0 Å². The van der Waals surface area contributed by atoms with Crippen LogP contribution in [0.3, 0.4) is 0 Å². The van der Waals surface area contributed by atoms with Crippen LogP contribution in [-0.2, 0) is 10.1 Å². The quantitative estimate of drug-likeness (QED) is 0.417. The first-order valence-corrected chi connectivity index (χ1v) is 6.85. The smallest absolute Gasteiger partial charge is 1.00 e. The van der Waals surface area contributed by atoms with Gasteiger partial charge in [-0.3, -0.25) is 0 Å². The Balaban J connectivity index is 0.00000128. The minimum absolute atomic E-state index is 0. The standard InChI is InChI=1S/C10H9AsO3S.Na/c11-9-5-6-10(15(12,13)14)8-4-2-1-3-7(8)9;/h1-6H,11H2,(H,12,13,14);/q;+1/p-1. The molecule has 0 aliphatic rings. The van der Waals surface area contributed by atoms with Crippen molar-refractivity contribution in [2.75, 3.05) is 0 Å². The fourth-order valence-corrected chi connectivity index (χ4v) is 2.92. The first kappa shape index (κ1) is 14.2. The molecule has 78 valence electrons. The number of rotatable bonds is 1. The van der Waals surface area contributed by atoms with Crippen LogP contribution in [0.2, 0.25) is 0 Å². The van der Waals surface area contributed by atoms with Gasteiger partial charge in [-0.25, -0.2) is 0 Å². The van der Waals surface area contributed by atoms with Crippen molar-refractivity contribution in [3.05, 3.63) is 36.4 Å². The van der Waals surface area contributed by atoms with E-state index in [4.69, 9.17) is 0 Å². The first-order chi connectivity index (χ1) is 7.00. The normalized spacial score (nSPS) is 11.1. The molecule has 16 heavy (non-hydrogen) atoms. The molecule has 2 aromatic rings.